The molecule has 1 spiro atoms. The van der Waals surface area contributed by atoms with Gasteiger partial charge < -0.3 is 24.8 Å². The van der Waals surface area contributed by atoms with Gasteiger partial charge in [0, 0.05) is 56.1 Å². The maximum absolute atomic E-state index is 12.7. The number of likely N-dealkylation sites (N-methyl/N-ethyl adjacent to an activating group) is 1. The van der Waals surface area contributed by atoms with E-state index in [1.165, 1.54) is 19.4 Å². The minimum Gasteiger partial charge on any atom is -0.497 e. The zero-order valence-electron chi connectivity index (χ0n) is 20.6. The molecule has 2 N–H and O–H groups in total. The number of hydrogen-bond acceptors (Lipinski definition) is 7. The summed E-state index contributed by atoms with van der Waals surface area (Å²) < 4.78 is 11.6. The second kappa shape index (κ2) is 7.71. The SMILES string of the molecule is CC[C@]12C=CCN3CC[C@@]4(c5ccc(OC)cc5N(C)[C@H]4C(O)(CNC(C)=O)[C@@H]1OC(C)=O)[C@@H]32. The van der Waals surface area contributed by atoms with Crippen LogP contribution in [0.25, 0.3) is 0 Å². The summed E-state index contributed by atoms with van der Waals surface area (Å²) in [5, 5.41) is 15.6. The topological polar surface area (TPSA) is 91.3 Å². The van der Waals surface area contributed by atoms with E-state index in [9.17, 15) is 14.7 Å². The van der Waals surface area contributed by atoms with Gasteiger partial charge in [-0.25, -0.2) is 0 Å². The highest BCUT2D eigenvalue weighted by molar-refractivity contribution is 5.74. The first-order chi connectivity index (χ1) is 16.2. The molecule has 0 bridgehead atoms. The molecule has 3 heterocycles. The molecule has 8 heteroatoms. The van der Waals surface area contributed by atoms with Gasteiger partial charge in [-0.3, -0.25) is 14.5 Å². The molecule has 5 rings (SSSR count). The Morgan fingerprint density at radius 3 is 2.68 bits per heavy atom. The number of amides is 1. The van der Waals surface area contributed by atoms with Crippen LogP contribution < -0.4 is 15.0 Å². The molecule has 1 saturated heterocycles. The van der Waals surface area contributed by atoms with Gasteiger partial charge in [0.15, 0.2) is 0 Å². The molecular weight excluding hydrogens is 434 g/mol. The second-order valence-corrected chi connectivity index (χ2v) is 10.3. The first-order valence-corrected chi connectivity index (χ1v) is 12.1. The Morgan fingerprint density at radius 2 is 2.03 bits per heavy atom. The number of esters is 1. The number of nitrogens with one attached hydrogen (secondary N) is 1. The van der Waals surface area contributed by atoms with Crippen molar-refractivity contribution in [3.05, 3.63) is 35.9 Å². The number of nitrogens with zero attached hydrogens (tertiary/aromatic N) is 2. The van der Waals surface area contributed by atoms with Crippen LogP contribution in [0.15, 0.2) is 30.4 Å². The van der Waals surface area contributed by atoms with Gasteiger partial charge >= 0.3 is 5.97 Å². The van der Waals surface area contributed by atoms with Crippen molar-refractivity contribution in [3.8, 4) is 5.75 Å². The molecule has 4 aliphatic rings. The molecule has 3 aliphatic heterocycles. The third-order valence-corrected chi connectivity index (χ3v) is 8.84. The van der Waals surface area contributed by atoms with Crippen LogP contribution in [0.4, 0.5) is 5.69 Å². The van der Waals surface area contributed by atoms with E-state index in [-0.39, 0.29) is 18.5 Å². The van der Waals surface area contributed by atoms with E-state index in [0.29, 0.717) is 6.42 Å². The van der Waals surface area contributed by atoms with E-state index in [0.717, 1.165) is 30.9 Å². The van der Waals surface area contributed by atoms with Crippen LogP contribution in [0.3, 0.4) is 0 Å². The van der Waals surface area contributed by atoms with Crippen LogP contribution in [0.1, 0.15) is 39.2 Å². The van der Waals surface area contributed by atoms with Crippen molar-refractivity contribution in [2.75, 3.05) is 38.7 Å². The van der Waals surface area contributed by atoms with E-state index < -0.39 is 34.5 Å². The molecule has 34 heavy (non-hydrogen) atoms. The highest BCUT2D eigenvalue weighted by Crippen LogP contribution is 2.67. The van der Waals surface area contributed by atoms with E-state index in [2.05, 4.69) is 40.3 Å². The summed E-state index contributed by atoms with van der Waals surface area (Å²) in [7, 11) is 3.64. The van der Waals surface area contributed by atoms with E-state index in [1.807, 2.05) is 19.2 Å². The lowest BCUT2D eigenvalue weighted by atomic mass is 9.47. The van der Waals surface area contributed by atoms with Gasteiger partial charge in [-0.2, -0.15) is 0 Å². The van der Waals surface area contributed by atoms with Crippen molar-refractivity contribution < 1.29 is 24.2 Å². The molecule has 1 amide bonds. The maximum Gasteiger partial charge on any atom is 0.303 e. The summed E-state index contributed by atoms with van der Waals surface area (Å²) in [4.78, 5) is 29.1. The number of ether oxygens (including phenoxy) is 2. The Morgan fingerprint density at radius 1 is 1.26 bits per heavy atom. The van der Waals surface area contributed by atoms with Crippen molar-refractivity contribution in [1.29, 1.82) is 0 Å². The molecule has 1 aromatic carbocycles. The van der Waals surface area contributed by atoms with Crippen LogP contribution in [0, 0.1) is 5.41 Å². The van der Waals surface area contributed by atoms with E-state index >= 15 is 0 Å². The Bertz CT molecular complexity index is 1060. The number of rotatable bonds is 5. The summed E-state index contributed by atoms with van der Waals surface area (Å²) in [5.74, 6) is 0.0847. The smallest absolute Gasteiger partial charge is 0.303 e. The molecule has 184 valence electrons. The Hall–Kier alpha value is -2.58. The van der Waals surface area contributed by atoms with Crippen LogP contribution in [0.5, 0.6) is 5.75 Å². The third-order valence-electron chi connectivity index (χ3n) is 8.84. The number of hydrogen-bond donors (Lipinski definition) is 2. The summed E-state index contributed by atoms with van der Waals surface area (Å²) in [5.41, 5.74) is -0.338. The van der Waals surface area contributed by atoms with Gasteiger partial charge in [0.2, 0.25) is 5.91 Å². The van der Waals surface area contributed by atoms with Crippen molar-refractivity contribution in [2.24, 2.45) is 5.41 Å². The minimum atomic E-state index is -1.53. The maximum atomic E-state index is 12.7. The molecule has 0 aromatic heterocycles. The van der Waals surface area contributed by atoms with E-state index in [1.54, 1.807) is 7.11 Å². The lowest BCUT2D eigenvalue weighted by Crippen LogP contribution is -2.81. The fourth-order valence-electron chi connectivity index (χ4n) is 7.91. The highest BCUT2D eigenvalue weighted by atomic mass is 16.6. The van der Waals surface area contributed by atoms with E-state index in [4.69, 9.17) is 9.47 Å². The van der Waals surface area contributed by atoms with Crippen molar-refractivity contribution in [3.63, 3.8) is 0 Å². The fraction of sp³-hybridized carbons (Fsp3) is 0.615. The number of benzene rings is 1. The highest BCUT2D eigenvalue weighted by Gasteiger charge is 2.77. The average molecular weight is 470 g/mol. The Kier molecular flexibility index (Phi) is 5.26. The molecule has 6 atom stereocenters. The number of aliphatic hydroxyl groups is 1. The fourth-order valence-corrected chi connectivity index (χ4v) is 7.91. The van der Waals surface area contributed by atoms with Crippen molar-refractivity contribution >= 4 is 17.6 Å². The van der Waals surface area contributed by atoms with Crippen LogP contribution in [-0.2, 0) is 19.7 Å². The first kappa shape index (κ1) is 23.2. The molecule has 1 unspecified atom stereocenters. The summed E-state index contributed by atoms with van der Waals surface area (Å²) >= 11 is 0. The van der Waals surface area contributed by atoms with Gasteiger partial charge in [-0.1, -0.05) is 25.1 Å². The molecular formula is C26H35N3O5. The third kappa shape index (κ3) is 2.78. The van der Waals surface area contributed by atoms with Crippen LogP contribution in [0.2, 0.25) is 0 Å². The average Bonchev–Trinajstić information content (AvgIpc) is 3.32. The molecule has 1 aliphatic carbocycles. The number of anilines is 1. The molecule has 2 fully saturated rings. The predicted molar refractivity (Wildman–Crippen MR) is 128 cm³/mol. The van der Waals surface area contributed by atoms with Gasteiger partial charge in [-0.05, 0) is 31.0 Å². The zero-order chi connectivity index (χ0) is 24.5. The lowest BCUT2D eigenvalue weighted by molar-refractivity contribution is -0.217. The van der Waals surface area contributed by atoms with Gasteiger partial charge in [0.1, 0.15) is 17.5 Å². The predicted octanol–water partition coefficient (Wildman–Crippen LogP) is 1.60. The Balaban J connectivity index is 1.81. The van der Waals surface area contributed by atoms with Crippen molar-refractivity contribution in [1.82, 2.24) is 10.2 Å². The molecule has 1 aromatic rings. The van der Waals surface area contributed by atoms with Gasteiger partial charge in [0.25, 0.3) is 0 Å². The van der Waals surface area contributed by atoms with Crippen LogP contribution in [-0.4, -0.2) is 79.5 Å². The summed E-state index contributed by atoms with van der Waals surface area (Å²) in [6, 6.07) is 5.79. The normalized spacial score (nSPS) is 37.6. The Labute approximate surface area is 200 Å². The number of fused-ring (bicyclic) bond motifs is 1. The number of carbonyl (C=O) groups is 2. The second-order valence-electron chi connectivity index (χ2n) is 10.3. The quantitative estimate of drug-likeness (QED) is 0.500. The molecule has 8 nitrogen and oxygen atoms in total. The van der Waals surface area contributed by atoms with Crippen LogP contribution >= 0.6 is 0 Å². The van der Waals surface area contributed by atoms with Gasteiger partial charge in [0.05, 0.1) is 19.7 Å². The van der Waals surface area contributed by atoms with Crippen molar-refractivity contribution in [2.45, 2.75) is 62.8 Å². The van der Waals surface area contributed by atoms with Gasteiger partial charge in [-0.15, -0.1) is 0 Å². The standard InChI is InChI=1S/C26H35N3O5/c1-6-24-10-7-12-29-13-11-25(21(24)29)19-9-8-18(33-5)14-20(19)28(4)22(25)26(32,15-27-16(2)30)23(24)34-17(3)31/h7-10,14,21-23,32H,6,11-13,15H2,1-5H3,(H,27,30)/t21-,22+,23+,24+,25+,26?/m0/s1. The molecule has 0 radical (unpaired) electrons. The number of methoxy groups -OCH3 is 1. The minimum absolute atomic E-state index is 0.00945. The first-order valence-electron chi connectivity index (χ1n) is 12.1. The number of carbonyl (C=O) groups excluding carboxylic acids is 2. The summed E-state index contributed by atoms with van der Waals surface area (Å²) in [6.07, 6.45) is 5.04. The summed E-state index contributed by atoms with van der Waals surface area (Å²) in [6.45, 7) is 6.63. The molecule has 1 saturated carbocycles. The zero-order valence-corrected chi connectivity index (χ0v) is 20.6. The largest absolute Gasteiger partial charge is 0.497 e. The monoisotopic (exact) mass is 469 g/mol. The lowest BCUT2D eigenvalue weighted by Gasteiger charge is -2.64.